The maximum atomic E-state index is 12.9. The monoisotopic (exact) mass is 299 g/mol. The molecule has 5 nitrogen and oxygen atoms in total. The molecule has 1 aliphatic heterocycles. The third-order valence-corrected chi connectivity index (χ3v) is 3.51. The molecular formula is C16H14FN3O2. The molecule has 6 heteroatoms. The summed E-state index contributed by atoms with van der Waals surface area (Å²) in [6.45, 7) is 0.453. The van der Waals surface area contributed by atoms with Crippen LogP contribution in [0.15, 0.2) is 48.8 Å². The number of nitrogens with zero attached hydrogens (tertiary/aromatic N) is 2. The van der Waals surface area contributed by atoms with Crippen molar-refractivity contribution in [1.29, 1.82) is 0 Å². The predicted molar refractivity (Wildman–Crippen MR) is 78.4 cm³/mol. The number of imide groups is 1. The molecule has 1 aliphatic rings. The fourth-order valence-electron chi connectivity index (χ4n) is 2.40. The molecule has 1 aromatic heterocycles. The van der Waals surface area contributed by atoms with Gasteiger partial charge >= 0.3 is 0 Å². The normalized spacial score (nSPS) is 18.0. The van der Waals surface area contributed by atoms with Crippen molar-refractivity contribution in [2.24, 2.45) is 0 Å². The van der Waals surface area contributed by atoms with Gasteiger partial charge in [-0.05, 0) is 35.9 Å². The number of carbonyl (C=O) groups excluding carboxylic acids is 2. The lowest BCUT2D eigenvalue weighted by Crippen LogP contribution is -2.38. The van der Waals surface area contributed by atoms with Crippen molar-refractivity contribution >= 4 is 17.5 Å². The van der Waals surface area contributed by atoms with Gasteiger partial charge < -0.3 is 5.32 Å². The van der Waals surface area contributed by atoms with Gasteiger partial charge in [0.05, 0.1) is 18.2 Å². The molecule has 2 amide bonds. The molecule has 0 radical (unpaired) electrons. The number of carbonyl (C=O) groups is 2. The van der Waals surface area contributed by atoms with Gasteiger partial charge in [0, 0.05) is 18.9 Å². The number of amides is 2. The highest BCUT2D eigenvalue weighted by atomic mass is 19.1. The first-order chi connectivity index (χ1) is 10.6. The van der Waals surface area contributed by atoms with Gasteiger partial charge in [-0.15, -0.1) is 0 Å². The molecule has 0 saturated carbocycles. The number of benzene rings is 1. The molecule has 0 spiro atoms. The van der Waals surface area contributed by atoms with Crippen LogP contribution in [0.4, 0.5) is 10.1 Å². The largest absolute Gasteiger partial charge is 0.301 e. The van der Waals surface area contributed by atoms with E-state index in [0.717, 1.165) is 10.5 Å². The van der Waals surface area contributed by atoms with Crippen LogP contribution in [0.5, 0.6) is 0 Å². The molecule has 22 heavy (non-hydrogen) atoms. The van der Waals surface area contributed by atoms with Gasteiger partial charge in [-0.25, -0.2) is 9.29 Å². The Morgan fingerprint density at radius 2 is 2.00 bits per heavy atom. The van der Waals surface area contributed by atoms with Gasteiger partial charge in [0.2, 0.25) is 5.91 Å². The van der Waals surface area contributed by atoms with Gasteiger partial charge in [0.1, 0.15) is 5.82 Å². The Morgan fingerprint density at radius 1 is 1.23 bits per heavy atom. The topological polar surface area (TPSA) is 62.3 Å². The van der Waals surface area contributed by atoms with E-state index in [4.69, 9.17) is 0 Å². The highest BCUT2D eigenvalue weighted by Gasteiger charge is 2.39. The summed E-state index contributed by atoms with van der Waals surface area (Å²) in [7, 11) is 0. The minimum Gasteiger partial charge on any atom is -0.301 e. The number of halogens is 1. The summed E-state index contributed by atoms with van der Waals surface area (Å²) in [6.07, 6.45) is 3.46. The van der Waals surface area contributed by atoms with E-state index in [1.54, 1.807) is 12.4 Å². The third-order valence-electron chi connectivity index (χ3n) is 3.51. The Morgan fingerprint density at radius 3 is 2.68 bits per heavy atom. The van der Waals surface area contributed by atoms with Gasteiger partial charge in [-0.2, -0.15) is 0 Å². The molecule has 2 aromatic rings. The van der Waals surface area contributed by atoms with E-state index in [1.807, 2.05) is 12.1 Å². The lowest BCUT2D eigenvalue weighted by Gasteiger charge is -2.15. The van der Waals surface area contributed by atoms with Crippen LogP contribution in [0.2, 0.25) is 0 Å². The second kappa shape index (κ2) is 6.03. The maximum absolute atomic E-state index is 12.9. The number of nitrogens with one attached hydrogen (secondary N) is 1. The van der Waals surface area contributed by atoms with E-state index in [-0.39, 0.29) is 18.2 Å². The lowest BCUT2D eigenvalue weighted by molar-refractivity contribution is -0.121. The molecule has 0 aliphatic carbocycles. The number of hydrogen-bond donors (Lipinski definition) is 1. The first-order valence-electron chi connectivity index (χ1n) is 6.90. The average molecular weight is 299 g/mol. The van der Waals surface area contributed by atoms with Crippen LogP contribution in [0.3, 0.4) is 0 Å². The molecule has 3 rings (SSSR count). The molecule has 1 atom stereocenters. The smallest absolute Gasteiger partial charge is 0.251 e. The van der Waals surface area contributed by atoms with Crippen LogP contribution in [-0.2, 0) is 16.1 Å². The molecule has 112 valence electrons. The highest BCUT2D eigenvalue weighted by Crippen LogP contribution is 2.23. The van der Waals surface area contributed by atoms with E-state index in [2.05, 4.69) is 10.3 Å². The van der Waals surface area contributed by atoms with Crippen molar-refractivity contribution < 1.29 is 14.0 Å². The zero-order valence-electron chi connectivity index (χ0n) is 11.7. The minimum absolute atomic E-state index is 0.0937. The quantitative estimate of drug-likeness (QED) is 0.872. The molecule has 1 N–H and O–H groups in total. The van der Waals surface area contributed by atoms with Crippen LogP contribution in [0.25, 0.3) is 0 Å². The van der Waals surface area contributed by atoms with Crippen LogP contribution in [0.1, 0.15) is 12.0 Å². The molecule has 1 aromatic carbocycles. The van der Waals surface area contributed by atoms with E-state index < -0.39 is 11.9 Å². The summed E-state index contributed by atoms with van der Waals surface area (Å²) in [4.78, 5) is 29.5. The molecule has 1 unspecified atom stereocenters. The summed E-state index contributed by atoms with van der Waals surface area (Å²) in [6, 6.07) is 8.43. The molecule has 1 fully saturated rings. The fourth-order valence-corrected chi connectivity index (χ4v) is 2.40. The van der Waals surface area contributed by atoms with Gasteiger partial charge in [-0.3, -0.25) is 14.6 Å². The number of aromatic nitrogens is 1. The Hall–Kier alpha value is -2.60. The molecular weight excluding hydrogens is 285 g/mol. The zero-order chi connectivity index (χ0) is 15.5. The van der Waals surface area contributed by atoms with Crippen LogP contribution >= 0.6 is 0 Å². The van der Waals surface area contributed by atoms with E-state index >= 15 is 0 Å². The average Bonchev–Trinajstić information content (AvgIpc) is 2.82. The van der Waals surface area contributed by atoms with E-state index in [1.165, 1.54) is 24.3 Å². The number of hydrogen-bond acceptors (Lipinski definition) is 4. The summed E-state index contributed by atoms with van der Waals surface area (Å²) in [5.41, 5.74) is 1.32. The summed E-state index contributed by atoms with van der Waals surface area (Å²) in [5, 5.41) is 3.06. The third kappa shape index (κ3) is 2.87. The summed E-state index contributed by atoms with van der Waals surface area (Å²) >= 11 is 0. The Kier molecular flexibility index (Phi) is 3.93. The number of pyridine rings is 1. The first kappa shape index (κ1) is 14.3. The van der Waals surface area contributed by atoms with Crippen molar-refractivity contribution in [3.8, 4) is 0 Å². The van der Waals surface area contributed by atoms with Gasteiger partial charge in [0.25, 0.3) is 5.91 Å². The van der Waals surface area contributed by atoms with Crippen molar-refractivity contribution in [2.45, 2.75) is 19.0 Å². The van der Waals surface area contributed by atoms with Crippen molar-refractivity contribution in [3.05, 3.63) is 60.2 Å². The van der Waals surface area contributed by atoms with Crippen LogP contribution in [-0.4, -0.2) is 22.8 Å². The Labute approximate surface area is 126 Å². The second-order valence-corrected chi connectivity index (χ2v) is 5.04. The molecule has 1 saturated heterocycles. The second-order valence-electron chi connectivity index (χ2n) is 5.04. The van der Waals surface area contributed by atoms with E-state index in [9.17, 15) is 14.0 Å². The lowest BCUT2D eigenvalue weighted by atomic mass is 10.2. The zero-order valence-corrected chi connectivity index (χ0v) is 11.7. The van der Waals surface area contributed by atoms with Crippen molar-refractivity contribution in [3.63, 3.8) is 0 Å². The van der Waals surface area contributed by atoms with E-state index in [0.29, 0.717) is 12.2 Å². The molecule has 0 bridgehead atoms. The standard InChI is InChI=1S/C16H14FN3O2/c17-12-3-5-13(6-4-12)20-15(21)8-14(16(20)22)19-10-11-2-1-7-18-9-11/h1-7,9,14,19H,8,10H2. The fraction of sp³-hybridized carbons (Fsp3) is 0.188. The molecule has 2 heterocycles. The van der Waals surface area contributed by atoms with Gasteiger partial charge in [-0.1, -0.05) is 6.07 Å². The SMILES string of the molecule is O=C1CC(NCc2cccnc2)C(=O)N1c1ccc(F)cc1. The minimum atomic E-state index is -0.572. The predicted octanol–water partition coefficient (Wildman–Crippen LogP) is 1.64. The van der Waals surface area contributed by atoms with Crippen molar-refractivity contribution in [1.82, 2.24) is 10.3 Å². The number of rotatable bonds is 4. The van der Waals surface area contributed by atoms with Gasteiger partial charge in [0.15, 0.2) is 0 Å². The van der Waals surface area contributed by atoms with Crippen LogP contribution < -0.4 is 10.2 Å². The first-order valence-corrected chi connectivity index (χ1v) is 6.90. The summed E-state index contributed by atoms with van der Waals surface area (Å²) in [5.74, 6) is -1.02. The Bertz CT molecular complexity index is 688. The number of anilines is 1. The maximum Gasteiger partial charge on any atom is 0.251 e. The summed E-state index contributed by atoms with van der Waals surface area (Å²) < 4.78 is 12.9. The van der Waals surface area contributed by atoms with Crippen LogP contribution in [0, 0.1) is 5.82 Å². The Balaban J connectivity index is 1.70. The van der Waals surface area contributed by atoms with Crippen molar-refractivity contribution in [2.75, 3.05) is 4.90 Å². The highest BCUT2D eigenvalue weighted by molar-refractivity contribution is 6.22.